The number of rotatable bonds is 65. The van der Waals surface area contributed by atoms with E-state index in [1.807, 2.05) is 0 Å². The minimum Gasteiger partial charge on any atom is -0.462 e. The Bertz CT molecular complexity index is 1700. The summed E-state index contributed by atoms with van der Waals surface area (Å²) in [4.78, 5) is 72.3. The van der Waals surface area contributed by atoms with Gasteiger partial charge in [-0.25, -0.2) is 9.13 Å². The largest absolute Gasteiger partial charge is 0.472 e. The molecule has 0 aromatic rings. The van der Waals surface area contributed by atoms with Crippen molar-refractivity contribution in [3.8, 4) is 0 Å². The molecular weight excluding hydrogens is 1140 g/mol. The first kappa shape index (κ1) is 84.1. The highest BCUT2D eigenvalue weighted by Crippen LogP contribution is 2.45. The number of phosphoric acid groups is 2. The smallest absolute Gasteiger partial charge is 0.462 e. The summed E-state index contributed by atoms with van der Waals surface area (Å²) in [5, 5.41) is 10.6. The van der Waals surface area contributed by atoms with Crippen LogP contribution in [0.3, 0.4) is 0 Å². The summed E-state index contributed by atoms with van der Waals surface area (Å²) >= 11 is 0. The van der Waals surface area contributed by atoms with Crippen molar-refractivity contribution < 1.29 is 80.2 Å². The minimum absolute atomic E-state index is 0.104. The summed E-state index contributed by atoms with van der Waals surface area (Å²) in [6, 6.07) is 0. The van der Waals surface area contributed by atoms with Crippen molar-refractivity contribution in [1.82, 2.24) is 0 Å². The topological polar surface area (TPSA) is 237 Å². The van der Waals surface area contributed by atoms with Gasteiger partial charge in [-0.05, 0) is 43.4 Å². The molecule has 0 saturated heterocycles. The minimum atomic E-state index is -4.95. The zero-order chi connectivity index (χ0) is 63.8. The summed E-state index contributed by atoms with van der Waals surface area (Å²) in [6.07, 6.45) is 40.4. The molecule has 0 aromatic carbocycles. The molecule has 0 saturated carbocycles. The number of hydrogen-bond donors (Lipinski definition) is 3. The summed E-state index contributed by atoms with van der Waals surface area (Å²) in [5.74, 6) is 0.0880. The Hall–Kier alpha value is -1.94. The lowest BCUT2D eigenvalue weighted by Gasteiger charge is -2.21. The number of carbonyl (C=O) groups is 4. The van der Waals surface area contributed by atoms with E-state index in [2.05, 4.69) is 48.5 Å². The molecule has 0 radical (unpaired) electrons. The molecule has 5 atom stereocenters. The highest BCUT2D eigenvalue weighted by atomic mass is 31.2. The molecule has 0 heterocycles. The molecule has 0 amide bonds. The number of aliphatic hydroxyl groups is 1. The Morgan fingerprint density at radius 2 is 0.535 bits per heavy atom. The maximum Gasteiger partial charge on any atom is 0.472 e. The fourth-order valence-corrected chi connectivity index (χ4v) is 11.6. The number of phosphoric ester groups is 2. The van der Waals surface area contributed by atoms with E-state index in [1.54, 1.807) is 0 Å². The van der Waals surface area contributed by atoms with E-state index < -0.39 is 97.5 Å². The fraction of sp³-hybridized carbons (Fsp3) is 0.940. The van der Waals surface area contributed by atoms with Gasteiger partial charge in [0.15, 0.2) is 12.2 Å². The van der Waals surface area contributed by atoms with Gasteiger partial charge in [0, 0.05) is 25.7 Å². The van der Waals surface area contributed by atoms with Gasteiger partial charge < -0.3 is 33.8 Å². The number of unbranched alkanes of at least 4 members (excludes halogenated alkanes) is 33. The highest BCUT2D eigenvalue weighted by Gasteiger charge is 2.30. The number of carbonyl (C=O) groups excluding carboxylic acids is 4. The van der Waals surface area contributed by atoms with E-state index in [4.69, 9.17) is 37.0 Å². The van der Waals surface area contributed by atoms with Crippen LogP contribution in [0.25, 0.3) is 0 Å². The Labute approximate surface area is 524 Å². The molecule has 0 aliphatic heterocycles. The van der Waals surface area contributed by atoms with Gasteiger partial charge in [-0.15, -0.1) is 0 Å². The molecule has 0 aliphatic carbocycles. The first-order valence-corrected chi connectivity index (χ1v) is 37.8. The van der Waals surface area contributed by atoms with Gasteiger partial charge in [0.1, 0.15) is 19.3 Å². The molecule has 0 spiro atoms. The van der Waals surface area contributed by atoms with Gasteiger partial charge in [-0.2, -0.15) is 0 Å². The second-order valence-electron chi connectivity index (χ2n) is 25.6. The van der Waals surface area contributed by atoms with Crippen LogP contribution in [0.4, 0.5) is 0 Å². The van der Waals surface area contributed by atoms with Crippen LogP contribution >= 0.6 is 15.6 Å². The standard InChI is InChI=1S/C67H130O17P2/c1-8-9-10-11-12-17-27-34-41-48-64(69)77-54-63(84-67(72)51-44-37-30-23-21-26-33-40-47-60(6)7)57-82-86(75,76)80-53-61(68)52-79-85(73,74)81-56-62(55-78-65(70)49-42-35-28-22-20-25-32-39-46-59(4)5)83-66(71)50-43-36-29-19-16-14-13-15-18-24-31-38-45-58(2)3/h58-63,68H,8-57H2,1-7H3,(H,73,74)(H,75,76)/t61-,62-,63-/m1/s1. The summed E-state index contributed by atoms with van der Waals surface area (Å²) < 4.78 is 68.1. The zero-order valence-corrected chi connectivity index (χ0v) is 57.6. The summed E-state index contributed by atoms with van der Waals surface area (Å²) in [7, 11) is -9.89. The van der Waals surface area contributed by atoms with Crippen LogP contribution in [-0.4, -0.2) is 96.7 Å². The van der Waals surface area contributed by atoms with Crippen LogP contribution in [0.2, 0.25) is 0 Å². The maximum atomic E-state index is 13.0. The van der Waals surface area contributed by atoms with Crippen LogP contribution in [0.1, 0.15) is 331 Å². The third-order valence-electron chi connectivity index (χ3n) is 15.4. The molecule has 86 heavy (non-hydrogen) atoms. The molecule has 3 N–H and O–H groups in total. The number of esters is 4. The predicted molar refractivity (Wildman–Crippen MR) is 344 cm³/mol. The predicted octanol–water partition coefficient (Wildman–Crippen LogP) is 18.7. The van der Waals surface area contributed by atoms with Crippen molar-refractivity contribution in [3.63, 3.8) is 0 Å². The average Bonchev–Trinajstić information content (AvgIpc) is 3.56. The lowest BCUT2D eigenvalue weighted by atomic mass is 10.0. The van der Waals surface area contributed by atoms with Crippen LogP contribution < -0.4 is 0 Å². The molecule has 17 nitrogen and oxygen atoms in total. The molecule has 0 fully saturated rings. The van der Waals surface area contributed by atoms with E-state index >= 15 is 0 Å². The quantitative estimate of drug-likeness (QED) is 0.0222. The van der Waals surface area contributed by atoms with E-state index in [1.165, 1.54) is 141 Å². The Morgan fingerprint density at radius 1 is 0.314 bits per heavy atom. The second-order valence-corrected chi connectivity index (χ2v) is 28.5. The maximum absolute atomic E-state index is 13.0. The second kappa shape index (κ2) is 58.2. The average molecular weight is 1270 g/mol. The van der Waals surface area contributed by atoms with E-state index in [9.17, 15) is 43.2 Å². The molecule has 0 aromatic heterocycles. The van der Waals surface area contributed by atoms with E-state index in [0.29, 0.717) is 25.7 Å². The number of aliphatic hydroxyl groups excluding tert-OH is 1. The molecule has 0 aliphatic rings. The molecule has 0 bridgehead atoms. The summed E-state index contributed by atoms with van der Waals surface area (Å²) in [5.41, 5.74) is 0. The third kappa shape index (κ3) is 60.9. The van der Waals surface area contributed by atoms with Gasteiger partial charge in [0.2, 0.25) is 0 Å². The van der Waals surface area contributed by atoms with Gasteiger partial charge in [-0.1, -0.05) is 280 Å². The van der Waals surface area contributed by atoms with Crippen LogP contribution in [0.5, 0.6) is 0 Å². The van der Waals surface area contributed by atoms with Crippen molar-refractivity contribution in [2.45, 2.75) is 349 Å². The first-order valence-electron chi connectivity index (χ1n) is 34.8. The normalized spacial score (nSPS) is 14.3. The fourth-order valence-electron chi connectivity index (χ4n) is 10.0. The van der Waals surface area contributed by atoms with Crippen molar-refractivity contribution in [2.75, 3.05) is 39.6 Å². The van der Waals surface area contributed by atoms with Crippen LogP contribution in [0, 0.1) is 17.8 Å². The van der Waals surface area contributed by atoms with Gasteiger partial charge in [0.05, 0.1) is 26.4 Å². The highest BCUT2D eigenvalue weighted by molar-refractivity contribution is 7.47. The Balaban J connectivity index is 5.24. The lowest BCUT2D eigenvalue weighted by Crippen LogP contribution is -2.30. The third-order valence-corrected chi connectivity index (χ3v) is 17.3. The number of ether oxygens (including phenoxy) is 4. The van der Waals surface area contributed by atoms with Crippen molar-refractivity contribution in [2.24, 2.45) is 17.8 Å². The number of hydrogen-bond acceptors (Lipinski definition) is 15. The zero-order valence-electron chi connectivity index (χ0n) is 55.8. The van der Waals surface area contributed by atoms with Gasteiger partial charge in [-0.3, -0.25) is 37.3 Å². The van der Waals surface area contributed by atoms with Crippen LogP contribution in [0.15, 0.2) is 0 Å². The SMILES string of the molecule is CCCCCCCCCCCC(=O)OC[C@H](COP(=O)(O)OC[C@H](O)COP(=O)(O)OC[C@@H](COC(=O)CCCCCCCCCCC(C)C)OC(=O)CCCCCCCCCCCCCCC(C)C)OC(=O)CCCCCCCCCCC(C)C. The monoisotopic (exact) mass is 1270 g/mol. The van der Waals surface area contributed by atoms with E-state index in [-0.39, 0.29) is 25.7 Å². The Kier molecular flexibility index (Phi) is 56.9. The van der Waals surface area contributed by atoms with Crippen molar-refractivity contribution in [3.05, 3.63) is 0 Å². The molecule has 510 valence electrons. The van der Waals surface area contributed by atoms with Crippen molar-refractivity contribution >= 4 is 39.5 Å². The molecule has 0 rings (SSSR count). The van der Waals surface area contributed by atoms with Crippen molar-refractivity contribution in [1.29, 1.82) is 0 Å². The summed E-state index contributed by atoms with van der Waals surface area (Å²) in [6.45, 7) is 11.7. The molecule has 2 unspecified atom stereocenters. The van der Waals surface area contributed by atoms with E-state index in [0.717, 1.165) is 108 Å². The Morgan fingerprint density at radius 3 is 0.791 bits per heavy atom. The van der Waals surface area contributed by atoms with Gasteiger partial charge in [0.25, 0.3) is 0 Å². The lowest BCUT2D eigenvalue weighted by molar-refractivity contribution is -0.161. The first-order chi connectivity index (χ1) is 41.2. The molecule has 19 heteroatoms. The molecular formula is C67H130O17P2. The van der Waals surface area contributed by atoms with Crippen LogP contribution in [-0.2, 0) is 65.4 Å². The van der Waals surface area contributed by atoms with Gasteiger partial charge >= 0.3 is 39.5 Å².